The van der Waals surface area contributed by atoms with Gasteiger partial charge in [-0.3, -0.25) is 0 Å². The van der Waals surface area contributed by atoms with Crippen molar-refractivity contribution in [3.63, 3.8) is 0 Å². The van der Waals surface area contributed by atoms with E-state index in [1.165, 1.54) is 0 Å². The Morgan fingerprint density at radius 1 is 0.500 bits per heavy atom. The molecule has 2 N–H and O–H groups in total. The van der Waals surface area contributed by atoms with Crippen LogP contribution in [0.25, 0.3) is 0 Å². The van der Waals surface area contributed by atoms with Crippen molar-refractivity contribution in [2.75, 3.05) is 19.8 Å². The molecule has 11 atom stereocenters. The van der Waals surface area contributed by atoms with E-state index in [0.717, 1.165) is 15.6 Å². The maximum Gasteiger partial charge on any atom is 0.191 e. The average molecular weight is 1310 g/mol. The van der Waals surface area contributed by atoms with Gasteiger partial charge in [-0.15, -0.1) is 0 Å². The van der Waals surface area contributed by atoms with E-state index in [2.05, 4.69) is 226 Å². The highest BCUT2D eigenvalue weighted by atomic mass is 79.9. The van der Waals surface area contributed by atoms with Gasteiger partial charge in [0.25, 0.3) is 0 Å². The summed E-state index contributed by atoms with van der Waals surface area (Å²) >= 11 is 6.64. The van der Waals surface area contributed by atoms with Crippen molar-refractivity contribution in [3.05, 3.63) is 9.47 Å². The van der Waals surface area contributed by atoms with Crippen LogP contribution in [0.5, 0.6) is 0 Å². The van der Waals surface area contributed by atoms with Crippen LogP contribution in [0.15, 0.2) is 9.47 Å². The van der Waals surface area contributed by atoms with Crippen LogP contribution in [0.2, 0.25) is 54.4 Å². The van der Waals surface area contributed by atoms with Crippen molar-refractivity contribution in [1.82, 2.24) is 0 Å². The van der Waals surface area contributed by atoms with E-state index < -0.39 is 72.8 Å². The molecule has 4 unspecified atom stereocenters. The van der Waals surface area contributed by atoms with Crippen LogP contribution in [0, 0.1) is 59.2 Å². The summed E-state index contributed by atoms with van der Waals surface area (Å²) in [5.41, 5.74) is 0. The molecule has 3 saturated heterocycles. The topological polar surface area (TPSA) is 141 Å². The Morgan fingerprint density at radius 3 is 1.04 bits per heavy atom. The molecule has 0 aromatic heterocycles. The summed E-state index contributed by atoms with van der Waals surface area (Å²) in [6, 6.07) is 0. The number of aliphatic hydroxyl groups excluding tert-OH is 2. The second-order valence-corrected chi connectivity index (χ2v) is 46.5. The van der Waals surface area contributed by atoms with Gasteiger partial charge in [0.15, 0.2) is 48.6 Å². The largest absolute Gasteiger partial charge is 0.417 e. The number of hydrogen-bond acceptors (Lipinski definition) is 12. The quantitative estimate of drug-likeness (QED) is 0.0723. The maximum atomic E-state index is 11.0. The lowest BCUT2D eigenvalue weighted by Gasteiger charge is -2.36. The molecule has 0 bridgehead atoms. The van der Waals surface area contributed by atoms with Crippen LogP contribution in [-0.2, 0) is 46.5 Å². The van der Waals surface area contributed by atoms with Crippen LogP contribution in [0.4, 0.5) is 0 Å². The Morgan fingerprint density at radius 2 is 0.787 bits per heavy atom. The van der Waals surface area contributed by atoms with E-state index in [4.69, 9.17) is 41.7 Å². The molecular weight excluding hydrogens is 1190 g/mol. The Bertz CT molecular complexity index is 1880. The highest BCUT2D eigenvalue weighted by Gasteiger charge is 2.47. The van der Waals surface area contributed by atoms with Gasteiger partial charge in [-0.25, -0.2) is 0 Å². The van der Waals surface area contributed by atoms with Crippen LogP contribution in [0.1, 0.15) is 185 Å². The molecule has 0 aliphatic carbocycles. The van der Waals surface area contributed by atoms with Crippen LogP contribution >= 0.6 is 31.9 Å². The highest BCUT2D eigenvalue weighted by Crippen LogP contribution is 2.40. The SMILES string of the molecule is CC(C)[C@H](C)C#CC(O)[C@H]1OC(C)(C)O[C@H]1CCO[Si](C)(C)C(C)(C)C.CC(C)[C@H](C)C#CC(O)[C@H]1OC(C)(C)O[C@H]1CCO[Si](C)(C)C(C)(C)C.CC(C)[C@H](C)C=C(Br)Br.CC1(C)OC(C=O)C(CCO[Si](C)(C)C(C)(C)C)O1. The van der Waals surface area contributed by atoms with Gasteiger partial charge in [0.2, 0.25) is 0 Å². The van der Waals surface area contributed by atoms with Crippen molar-refractivity contribution in [2.45, 2.75) is 306 Å². The Kier molecular flexibility index (Phi) is 33.0. The molecule has 470 valence electrons. The lowest BCUT2D eigenvalue weighted by Crippen LogP contribution is -2.42. The highest BCUT2D eigenvalue weighted by molar-refractivity contribution is 9.28. The zero-order valence-electron chi connectivity index (χ0n) is 56.2. The summed E-state index contributed by atoms with van der Waals surface area (Å²) in [4.78, 5) is 11.0. The summed E-state index contributed by atoms with van der Waals surface area (Å²) in [7, 11) is -5.31. The number of halogens is 2. The molecule has 17 heteroatoms. The van der Waals surface area contributed by atoms with E-state index in [1.54, 1.807) is 0 Å². The smallest absolute Gasteiger partial charge is 0.191 e. The fourth-order valence-corrected chi connectivity index (χ4v) is 11.2. The molecule has 0 saturated carbocycles. The fourth-order valence-electron chi connectivity index (χ4n) is 7.17. The van der Waals surface area contributed by atoms with Gasteiger partial charge in [-0.2, -0.15) is 0 Å². The van der Waals surface area contributed by atoms with Crippen LogP contribution < -0.4 is 0 Å². The Hall–Kier alpha value is -0.299. The molecule has 12 nitrogen and oxygen atoms in total. The molecule has 0 spiro atoms. The first-order chi connectivity index (χ1) is 35.8. The molecule has 0 radical (unpaired) electrons. The summed E-state index contributed by atoms with van der Waals surface area (Å²) in [5.74, 6) is 12.9. The van der Waals surface area contributed by atoms with Gasteiger partial charge in [0, 0.05) is 31.7 Å². The van der Waals surface area contributed by atoms with E-state index in [9.17, 15) is 15.0 Å². The number of carbonyl (C=O) groups excluding carboxylic acids is 1. The van der Waals surface area contributed by atoms with Crippen molar-refractivity contribution in [2.24, 2.45) is 35.5 Å². The predicted molar refractivity (Wildman–Crippen MR) is 346 cm³/mol. The Labute approximate surface area is 511 Å². The van der Waals surface area contributed by atoms with Gasteiger partial charge in [0.05, 0.1) is 21.7 Å². The first-order valence-electron chi connectivity index (χ1n) is 29.7. The number of ether oxygens (including phenoxy) is 6. The average Bonchev–Trinajstić information content (AvgIpc) is 3.89. The number of rotatable bonds is 19. The molecule has 3 fully saturated rings. The van der Waals surface area contributed by atoms with Gasteiger partial charge >= 0.3 is 0 Å². The van der Waals surface area contributed by atoms with Gasteiger partial charge in [0.1, 0.15) is 30.5 Å². The summed E-state index contributed by atoms with van der Waals surface area (Å²) < 4.78 is 54.9. The summed E-state index contributed by atoms with van der Waals surface area (Å²) in [6.45, 7) is 65.8. The number of hydrogen-bond donors (Lipinski definition) is 2. The van der Waals surface area contributed by atoms with Crippen molar-refractivity contribution in [3.8, 4) is 23.7 Å². The van der Waals surface area contributed by atoms with Gasteiger partial charge < -0.3 is 56.7 Å². The first-order valence-corrected chi connectivity index (χ1v) is 40.0. The van der Waals surface area contributed by atoms with Crippen molar-refractivity contribution >= 4 is 63.1 Å². The van der Waals surface area contributed by atoms with E-state index >= 15 is 0 Å². The van der Waals surface area contributed by atoms with Crippen LogP contribution in [0.3, 0.4) is 0 Å². The monoisotopic (exact) mass is 1310 g/mol. The Balaban J connectivity index is 0.00000110. The molecule has 80 heavy (non-hydrogen) atoms. The molecule has 0 aromatic rings. The van der Waals surface area contributed by atoms with Gasteiger partial charge in [-0.1, -0.05) is 154 Å². The lowest BCUT2D eigenvalue weighted by molar-refractivity contribution is -0.153. The van der Waals surface area contributed by atoms with E-state index in [-0.39, 0.29) is 45.3 Å². The van der Waals surface area contributed by atoms with Gasteiger partial charge in [-0.05, 0) is 171 Å². The van der Waals surface area contributed by atoms with E-state index in [1.807, 2.05) is 41.5 Å². The van der Waals surface area contributed by atoms with Crippen molar-refractivity contribution < 1.29 is 56.7 Å². The molecule has 3 heterocycles. The minimum absolute atomic E-state index is 0.177. The summed E-state index contributed by atoms with van der Waals surface area (Å²) in [6.07, 6.45) is 1.37. The number of carbonyl (C=O) groups is 1. The molecule has 0 aromatic carbocycles. The molecule has 0 amide bonds. The zero-order chi connectivity index (χ0) is 63.0. The third-order valence-corrected chi connectivity index (χ3v) is 30.9. The summed E-state index contributed by atoms with van der Waals surface area (Å²) in [5, 5.41) is 21.7. The molecule has 3 rings (SSSR count). The second kappa shape index (κ2) is 33.2. The van der Waals surface area contributed by atoms with E-state index in [0.29, 0.717) is 56.8 Å². The minimum Gasteiger partial charge on any atom is -0.417 e. The molecule has 3 aliphatic heterocycles. The van der Waals surface area contributed by atoms with Crippen molar-refractivity contribution in [1.29, 1.82) is 0 Å². The number of aldehydes is 1. The normalized spacial score (nSPS) is 24.8. The maximum absolute atomic E-state index is 11.0. The molecular formula is C63H120Br2O12Si3. The third-order valence-electron chi connectivity index (χ3n) is 16.8. The molecule has 3 aliphatic rings. The minimum atomic E-state index is -1.79. The number of allylic oxidation sites excluding steroid dienone is 1. The lowest BCUT2D eigenvalue weighted by atomic mass is 9.98. The fraction of sp³-hybridized carbons (Fsp3) is 0.889. The standard InChI is InChI=1S/2C21H40O4Si.C14H28O4Si.C7H12Br2/c2*1-15(2)16(3)11-12-17(22)19-18(24-21(7,8)25-19)13-14-23-26(9,10)20(4,5)6;1-13(2,3)19(6,7)16-9-8-11-12(10-15)18-14(4,5)17-11;1-5(2)6(3)4-7(8)9/h2*15-19,22H,13-14H2,1-10H3;10-12H,8-9H2,1-7H3;4-6H,1-3H3/t2*16-,17?,18+,19-;;6-/m11.1/s1. The first kappa shape index (κ1) is 79.7. The van der Waals surface area contributed by atoms with Crippen LogP contribution in [-0.4, -0.2) is 127 Å². The predicted octanol–water partition coefficient (Wildman–Crippen LogP) is 16.2. The number of aliphatic hydroxyl groups is 2. The second-order valence-electron chi connectivity index (χ2n) is 29.3. The zero-order valence-corrected chi connectivity index (χ0v) is 62.4. The third kappa shape index (κ3) is 28.9.